The molecule has 11 N–H and O–H groups in total. The Bertz CT molecular complexity index is 1550. The van der Waals surface area contributed by atoms with E-state index in [4.69, 9.17) is 23.4 Å². The minimum absolute atomic E-state index is 0.111. The van der Waals surface area contributed by atoms with Crippen LogP contribution in [0.25, 0.3) is 22.3 Å². The fraction of sp³-hybridized carbons (Fsp3) is 0.444. The first-order valence-electron chi connectivity index (χ1n) is 13.1. The van der Waals surface area contributed by atoms with Crippen LogP contribution in [-0.4, -0.2) is 131 Å². The fourth-order valence-electron chi connectivity index (χ4n) is 4.88. The second-order valence-corrected chi connectivity index (χ2v) is 10.3. The van der Waals surface area contributed by atoms with Gasteiger partial charge in [-0.05, 0) is 24.3 Å². The zero-order valence-electron chi connectivity index (χ0n) is 22.5. The highest BCUT2D eigenvalue weighted by Gasteiger charge is 2.53. The number of aliphatic hydroxyl groups excluding tert-OH is 8. The van der Waals surface area contributed by atoms with Crippen molar-refractivity contribution in [3.05, 3.63) is 40.6 Å². The summed E-state index contributed by atoms with van der Waals surface area (Å²) in [7, 11) is 0. The summed E-state index contributed by atoms with van der Waals surface area (Å²) < 4.78 is 27.5. The first-order valence-corrected chi connectivity index (χ1v) is 13.1. The zero-order valence-corrected chi connectivity index (χ0v) is 22.5. The van der Waals surface area contributed by atoms with E-state index in [9.17, 15) is 61.0 Å². The zero-order chi connectivity index (χ0) is 32.1. The van der Waals surface area contributed by atoms with Crippen LogP contribution < -0.4 is 14.9 Å². The Balaban J connectivity index is 1.71. The van der Waals surface area contributed by atoms with Gasteiger partial charge in [-0.1, -0.05) is 0 Å². The summed E-state index contributed by atoms with van der Waals surface area (Å²) in [6, 6.07) is 6.24. The van der Waals surface area contributed by atoms with E-state index in [2.05, 4.69) is 0 Å². The number of aromatic hydroxyl groups is 3. The molecule has 5 rings (SSSR count). The molecule has 2 aliphatic rings. The Labute approximate surface area is 246 Å². The maximum absolute atomic E-state index is 13.4. The SMILES string of the molecule is O=c1cc(-c2ccc(O)cc2)oc2c(O[C@]3(CO)OC[C@@H](O)[C@@H](O)[C@@H]3O)c(O)c(O[C@@H]3O[C@H](CO)[C@@H](O)[C@H](O)[C@@H]3O)c(O)c12. The van der Waals surface area contributed by atoms with Gasteiger partial charge in [-0.25, -0.2) is 0 Å². The minimum atomic E-state index is -2.60. The molecule has 2 saturated heterocycles. The largest absolute Gasteiger partial charge is 0.508 e. The molecule has 0 spiro atoms. The van der Waals surface area contributed by atoms with Gasteiger partial charge in [0.2, 0.25) is 23.5 Å². The van der Waals surface area contributed by atoms with Crippen LogP contribution in [0.5, 0.6) is 28.7 Å². The predicted octanol–water partition coefficient (Wildman–Crippen LogP) is -3.06. The van der Waals surface area contributed by atoms with E-state index in [1.54, 1.807) is 0 Å². The molecular formula is C27H30O17. The molecular weight excluding hydrogens is 596 g/mol. The lowest BCUT2D eigenvalue weighted by molar-refractivity contribution is -0.318. The summed E-state index contributed by atoms with van der Waals surface area (Å²) in [5.74, 6) is -7.10. The quantitative estimate of drug-likeness (QED) is 0.124. The molecule has 0 unspecified atom stereocenters. The maximum Gasteiger partial charge on any atom is 0.263 e. The lowest BCUT2D eigenvalue weighted by Crippen LogP contribution is -2.65. The molecule has 17 nitrogen and oxygen atoms in total. The van der Waals surface area contributed by atoms with Crippen LogP contribution in [-0.2, 0) is 9.47 Å². The number of hydrogen-bond donors (Lipinski definition) is 11. The van der Waals surface area contributed by atoms with Crippen molar-refractivity contribution < 1.29 is 79.5 Å². The van der Waals surface area contributed by atoms with Gasteiger partial charge in [-0.2, -0.15) is 0 Å². The molecule has 240 valence electrons. The highest BCUT2D eigenvalue weighted by molar-refractivity contribution is 5.95. The summed E-state index contributed by atoms with van der Waals surface area (Å²) in [4.78, 5) is 13.4. The molecule has 0 aliphatic carbocycles. The van der Waals surface area contributed by atoms with E-state index >= 15 is 0 Å². The van der Waals surface area contributed by atoms with Gasteiger partial charge in [0.25, 0.3) is 5.79 Å². The summed E-state index contributed by atoms with van der Waals surface area (Å²) in [6.45, 7) is -2.72. The lowest BCUT2D eigenvalue weighted by atomic mass is 9.97. The van der Waals surface area contributed by atoms with Crippen LogP contribution in [0.3, 0.4) is 0 Å². The molecule has 1 aromatic heterocycles. The number of aliphatic hydroxyl groups is 8. The van der Waals surface area contributed by atoms with Crippen LogP contribution in [0.1, 0.15) is 0 Å². The number of fused-ring (bicyclic) bond motifs is 1. The standard InChI is InChI=1S/C27H30O17/c28-6-14-17(34)19(36)20(37)26(42-14)43-23-18(35)15-11(31)5-13(9-1-3-10(30)4-2-9)41-22(15)24(21(23)38)44-27(8-29)25(39)16(33)12(32)7-40-27/h1-5,12,14,16-17,19-20,25-26,28-30,32-39H,6-8H2/t12-,14-,16-,17-,19+,20+,25+,26+,27+/m1/s1. The van der Waals surface area contributed by atoms with Gasteiger partial charge in [0.1, 0.15) is 66.2 Å². The Morgan fingerprint density at radius 1 is 0.864 bits per heavy atom. The molecule has 9 atom stereocenters. The number of benzene rings is 2. The molecule has 0 saturated carbocycles. The molecule has 44 heavy (non-hydrogen) atoms. The van der Waals surface area contributed by atoms with Gasteiger partial charge in [0.05, 0.1) is 13.2 Å². The minimum Gasteiger partial charge on any atom is -0.508 e. The molecule has 0 amide bonds. The molecule has 3 heterocycles. The number of rotatable bonds is 7. The third-order valence-electron chi connectivity index (χ3n) is 7.43. The van der Waals surface area contributed by atoms with Crippen molar-refractivity contribution in [1.82, 2.24) is 0 Å². The van der Waals surface area contributed by atoms with Crippen LogP contribution in [0.15, 0.2) is 39.5 Å². The maximum atomic E-state index is 13.4. The summed E-state index contributed by atoms with van der Waals surface area (Å²) in [5.41, 5.74) is -1.42. The smallest absolute Gasteiger partial charge is 0.263 e. The monoisotopic (exact) mass is 626 g/mol. The average Bonchev–Trinajstić information content (AvgIpc) is 3.01. The first kappa shape index (κ1) is 31.7. The van der Waals surface area contributed by atoms with E-state index in [1.807, 2.05) is 0 Å². The van der Waals surface area contributed by atoms with Crippen molar-refractivity contribution in [2.24, 2.45) is 0 Å². The van der Waals surface area contributed by atoms with Gasteiger partial charge in [0.15, 0.2) is 16.8 Å². The number of phenolic OH excluding ortho intramolecular Hbond substituents is 3. The van der Waals surface area contributed by atoms with Crippen LogP contribution in [0.4, 0.5) is 0 Å². The van der Waals surface area contributed by atoms with Gasteiger partial charge in [0, 0.05) is 11.6 Å². The molecule has 2 aliphatic heterocycles. The fourth-order valence-corrected chi connectivity index (χ4v) is 4.88. The van der Waals surface area contributed by atoms with E-state index in [0.717, 1.165) is 6.07 Å². The van der Waals surface area contributed by atoms with E-state index in [0.29, 0.717) is 0 Å². The van der Waals surface area contributed by atoms with Crippen molar-refractivity contribution in [2.75, 3.05) is 19.8 Å². The third kappa shape index (κ3) is 5.28. The topological polar surface area (TPSA) is 290 Å². The molecule has 3 aromatic rings. The molecule has 2 aromatic carbocycles. The normalized spacial score (nSPS) is 32.5. The Morgan fingerprint density at radius 2 is 1.55 bits per heavy atom. The van der Waals surface area contributed by atoms with Crippen molar-refractivity contribution in [3.63, 3.8) is 0 Å². The Morgan fingerprint density at radius 3 is 2.18 bits per heavy atom. The van der Waals surface area contributed by atoms with Gasteiger partial charge in [-0.15, -0.1) is 0 Å². The molecule has 0 radical (unpaired) electrons. The molecule has 0 bridgehead atoms. The number of hydrogen-bond acceptors (Lipinski definition) is 17. The van der Waals surface area contributed by atoms with Gasteiger partial charge in [-0.3, -0.25) is 4.79 Å². The lowest BCUT2D eigenvalue weighted by Gasteiger charge is -2.43. The molecule has 17 heteroatoms. The van der Waals surface area contributed by atoms with Crippen molar-refractivity contribution in [3.8, 4) is 40.1 Å². The van der Waals surface area contributed by atoms with E-state index in [1.165, 1.54) is 24.3 Å². The first-order chi connectivity index (χ1) is 20.8. The second kappa shape index (κ2) is 12.0. The number of ether oxygens (including phenoxy) is 4. The third-order valence-corrected chi connectivity index (χ3v) is 7.43. The Hall–Kier alpha value is -3.75. The van der Waals surface area contributed by atoms with Crippen molar-refractivity contribution in [1.29, 1.82) is 0 Å². The van der Waals surface area contributed by atoms with Crippen LogP contribution in [0, 0.1) is 0 Å². The summed E-state index contributed by atoms with van der Waals surface area (Å²) in [6.07, 6.45) is -14.9. The van der Waals surface area contributed by atoms with Crippen LogP contribution in [0.2, 0.25) is 0 Å². The van der Waals surface area contributed by atoms with Crippen molar-refractivity contribution in [2.45, 2.75) is 54.8 Å². The molecule has 2 fully saturated rings. The second-order valence-electron chi connectivity index (χ2n) is 10.3. The van der Waals surface area contributed by atoms with Gasteiger partial charge >= 0.3 is 0 Å². The van der Waals surface area contributed by atoms with E-state index in [-0.39, 0.29) is 17.1 Å². The highest BCUT2D eigenvalue weighted by atomic mass is 16.7. The van der Waals surface area contributed by atoms with E-state index < -0.39 is 114 Å². The summed E-state index contributed by atoms with van der Waals surface area (Å²) in [5, 5.41) is 113. The van der Waals surface area contributed by atoms with Gasteiger partial charge < -0.3 is 79.5 Å². The summed E-state index contributed by atoms with van der Waals surface area (Å²) >= 11 is 0. The highest BCUT2D eigenvalue weighted by Crippen LogP contribution is 2.52. The average molecular weight is 627 g/mol. The number of phenols is 3. The van der Waals surface area contributed by atoms with Crippen LogP contribution >= 0.6 is 0 Å². The Kier molecular flexibility index (Phi) is 8.62. The van der Waals surface area contributed by atoms with Crippen molar-refractivity contribution >= 4 is 11.0 Å². The predicted molar refractivity (Wildman–Crippen MR) is 142 cm³/mol.